The predicted octanol–water partition coefficient (Wildman–Crippen LogP) is 0.903. The van der Waals surface area contributed by atoms with Gasteiger partial charge in [-0.1, -0.05) is 6.07 Å². The molecule has 1 aromatic carbocycles. The Hall–Kier alpha value is -2.57. The van der Waals surface area contributed by atoms with Gasteiger partial charge in [0.05, 0.1) is 17.4 Å². The highest BCUT2D eigenvalue weighted by Crippen LogP contribution is 2.29. The molecular formula is C15H19N5O2. The van der Waals surface area contributed by atoms with E-state index in [0.717, 1.165) is 16.6 Å². The number of urea groups is 1. The second-order valence-corrected chi connectivity index (χ2v) is 5.62. The summed E-state index contributed by atoms with van der Waals surface area (Å²) >= 11 is 0. The standard InChI is InChI=1S/C15H19N5O2/c1-17(2)14(21)10-19-7-8-20(15(19)22)13-6-4-5-12-11(13)9-16-18(12)3/h4-6,9H,7-8,10H2,1-3H3. The Balaban J connectivity index is 1.87. The molecule has 1 saturated heterocycles. The Morgan fingerprint density at radius 1 is 1.32 bits per heavy atom. The van der Waals surface area contributed by atoms with Gasteiger partial charge >= 0.3 is 6.03 Å². The zero-order chi connectivity index (χ0) is 15.9. The lowest BCUT2D eigenvalue weighted by molar-refractivity contribution is -0.129. The number of amides is 3. The minimum atomic E-state index is -0.133. The van der Waals surface area contributed by atoms with Gasteiger partial charge in [0, 0.05) is 39.6 Å². The van der Waals surface area contributed by atoms with Crippen LogP contribution in [-0.2, 0) is 11.8 Å². The number of nitrogens with zero attached hydrogens (tertiary/aromatic N) is 5. The first-order valence-corrected chi connectivity index (χ1v) is 7.16. The van der Waals surface area contributed by atoms with Crippen molar-refractivity contribution in [2.45, 2.75) is 0 Å². The zero-order valence-electron chi connectivity index (χ0n) is 13.0. The van der Waals surface area contributed by atoms with Crippen LogP contribution >= 0.6 is 0 Å². The number of aryl methyl sites for hydroxylation is 1. The van der Waals surface area contributed by atoms with Gasteiger partial charge in [-0.05, 0) is 12.1 Å². The highest BCUT2D eigenvalue weighted by atomic mass is 16.2. The van der Waals surface area contributed by atoms with E-state index >= 15 is 0 Å². The number of anilines is 1. The van der Waals surface area contributed by atoms with Crippen molar-refractivity contribution in [1.29, 1.82) is 0 Å². The fourth-order valence-electron chi connectivity index (χ4n) is 2.66. The number of rotatable bonds is 3. The third kappa shape index (κ3) is 2.28. The third-order valence-electron chi connectivity index (χ3n) is 3.98. The van der Waals surface area contributed by atoms with E-state index in [1.165, 1.54) is 4.90 Å². The molecule has 7 nitrogen and oxygen atoms in total. The minimum Gasteiger partial charge on any atom is -0.347 e. The summed E-state index contributed by atoms with van der Waals surface area (Å²) in [6, 6.07) is 5.67. The smallest absolute Gasteiger partial charge is 0.325 e. The number of hydrogen-bond acceptors (Lipinski definition) is 3. The van der Waals surface area contributed by atoms with E-state index in [4.69, 9.17) is 0 Å². The summed E-state index contributed by atoms with van der Waals surface area (Å²) in [5.41, 5.74) is 1.82. The molecule has 2 aromatic rings. The second-order valence-electron chi connectivity index (χ2n) is 5.62. The molecule has 0 saturated carbocycles. The predicted molar refractivity (Wildman–Crippen MR) is 83.7 cm³/mol. The van der Waals surface area contributed by atoms with Gasteiger partial charge in [0.2, 0.25) is 5.91 Å². The molecule has 0 aliphatic carbocycles. The van der Waals surface area contributed by atoms with Crippen LogP contribution in [-0.4, -0.2) is 65.2 Å². The van der Waals surface area contributed by atoms with E-state index < -0.39 is 0 Å². The van der Waals surface area contributed by atoms with Crippen LogP contribution in [0.1, 0.15) is 0 Å². The van der Waals surface area contributed by atoms with Crippen LogP contribution in [0.4, 0.5) is 10.5 Å². The molecule has 0 N–H and O–H groups in total. The quantitative estimate of drug-likeness (QED) is 0.846. The van der Waals surface area contributed by atoms with Gasteiger partial charge in [0.15, 0.2) is 0 Å². The van der Waals surface area contributed by atoms with Gasteiger partial charge in [-0.25, -0.2) is 4.79 Å². The minimum absolute atomic E-state index is 0.0743. The van der Waals surface area contributed by atoms with Gasteiger partial charge in [0.25, 0.3) is 0 Å². The van der Waals surface area contributed by atoms with E-state index in [2.05, 4.69) is 5.10 Å². The van der Waals surface area contributed by atoms with E-state index in [0.29, 0.717) is 13.1 Å². The summed E-state index contributed by atoms with van der Waals surface area (Å²) in [4.78, 5) is 29.2. The summed E-state index contributed by atoms with van der Waals surface area (Å²) in [5, 5.41) is 5.19. The van der Waals surface area contributed by atoms with Crippen LogP contribution in [0.3, 0.4) is 0 Å². The summed E-state index contributed by atoms with van der Waals surface area (Å²) in [5.74, 6) is -0.0743. The summed E-state index contributed by atoms with van der Waals surface area (Å²) < 4.78 is 1.78. The Kier molecular flexibility index (Phi) is 3.48. The molecule has 0 bridgehead atoms. The maximum absolute atomic E-state index is 12.6. The van der Waals surface area contributed by atoms with E-state index in [1.807, 2.05) is 25.2 Å². The third-order valence-corrected chi connectivity index (χ3v) is 3.98. The van der Waals surface area contributed by atoms with E-state index in [1.54, 1.807) is 34.8 Å². The van der Waals surface area contributed by atoms with Gasteiger partial charge < -0.3 is 9.80 Å². The summed E-state index contributed by atoms with van der Waals surface area (Å²) in [6.07, 6.45) is 1.77. The normalized spacial score (nSPS) is 15.0. The SMILES string of the molecule is CN(C)C(=O)CN1CCN(c2cccc3c2cnn3C)C1=O. The number of carbonyl (C=O) groups is 2. The number of aromatic nitrogens is 2. The van der Waals surface area contributed by atoms with Gasteiger partial charge in [-0.3, -0.25) is 14.4 Å². The molecule has 0 radical (unpaired) electrons. The van der Waals surface area contributed by atoms with Crippen molar-refractivity contribution in [3.63, 3.8) is 0 Å². The Morgan fingerprint density at radius 3 is 2.82 bits per heavy atom. The number of benzene rings is 1. The van der Waals surface area contributed by atoms with Crippen molar-refractivity contribution < 1.29 is 9.59 Å². The lowest BCUT2D eigenvalue weighted by atomic mass is 10.2. The van der Waals surface area contributed by atoms with Crippen LogP contribution < -0.4 is 4.90 Å². The topological polar surface area (TPSA) is 61.7 Å². The lowest BCUT2D eigenvalue weighted by Gasteiger charge is -2.20. The second kappa shape index (κ2) is 5.32. The first-order valence-electron chi connectivity index (χ1n) is 7.16. The monoisotopic (exact) mass is 301 g/mol. The average molecular weight is 301 g/mol. The van der Waals surface area contributed by atoms with Crippen molar-refractivity contribution in [3.8, 4) is 0 Å². The largest absolute Gasteiger partial charge is 0.347 e. The molecule has 0 atom stereocenters. The molecular weight excluding hydrogens is 282 g/mol. The molecule has 116 valence electrons. The lowest BCUT2D eigenvalue weighted by Crippen LogP contribution is -2.39. The van der Waals surface area contributed by atoms with Crippen LogP contribution in [0.5, 0.6) is 0 Å². The highest BCUT2D eigenvalue weighted by Gasteiger charge is 2.32. The Morgan fingerprint density at radius 2 is 2.09 bits per heavy atom. The summed E-state index contributed by atoms with van der Waals surface area (Å²) in [7, 11) is 5.26. The van der Waals surface area contributed by atoms with Crippen molar-refractivity contribution in [1.82, 2.24) is 19.6 Å². The molecule has 7 heteroatoms. The number of hydrogen-bond donors (Lipinski definition) is 0. The Bertz CT molecular complexity index is 737. The number of likely N-dealkylation sites (N-methyl/N-ethyl adjacent to an activating group) is 1. The molecule has 1 fully saturated rings. The number of carbonyl (C=O) groups excluding carboxylic acids is 2. The molecule has 0 unspecified atom stereocenters. The highest BCUT2D eigenvalue weighted by molar-refractivity contribution is 6.04. The van der Waals surface area contributed by atoms with Gasteiger partial charge in [0.1, 0.15) is 6.54 Å². The van der Waals surface area contributed by atoms with Crippen LogP contribution in [0.25, 0.3) is 10.9 Å². The molecule has 3 amide bonds. The van der Waals surface area contributed by atoms with E-state index in [9.17, 15) is 9.59 Å². The first-order chi connectivity index (χ1) is 10.5. The molecule has 1 aliphatic rings. The zero-order valence-corrected chi connectivity index (χ0v) is 13.0. The van der Waals surface area contributed by atoms with Crippen molar-refractivity contribution >= 4 is 28.5 Å². The van der Waals surface area contributed by atoms with Crippen LogP contribution in [0.15, 0.2) is 24.4 Å². The Labute approximate surface area is 128 Å². The van der Waals surface area contributed by atoms with Gasteiger partial charge in [-0.15, -0.1) is 0 Å². The van der Waals surface area contributed by atoms with Crippen LogP contribution in [0.2, 0.25) is 0 Å². The van der Waals surface area contributed by atoms with Crippen molar-refractivity contribution in [3.05, 3.63) is 24.4 Å². The van der Waals surface area contributed by atoms with Crippen LogP contribution in [0, 0.1) is 0 Å². The van der Waals surface area contributed by atoms with Crippen molar-refractivity contribution in [2.75, 3.05) is 38.6 Å². The molecule has 3 rings (SSSR count). The molecule has 0 spiro atoms. The maximum atomic E-state index is 12.6. The van der Waals surface area contributed by atoms with E-state index in [-0.39, 0.29) is 18.5 Å². The fraction of sp³-hybridized carbons (Fsp3) is 0.400. The van der Waals surface area contributed by atoms with Gasteiger partial charge in [-0.2, -0.15) is 5.10 Å². The molecule has 1 aromatic heterocycles. The fourth-order valence-corrected chi connectivity index (χ4v) is 2.66. The molecule has 22 heavy (non-hydrogen) atoms. The maximum Gasteiger partial charge on any atom is 0.325 e. The molecule has 2 heterocycles. The average Bonchev–Trinajstić information content (AvgIpc) is 3.04. The first kappa shape index (κ1) is 14.4. The molecule has 1 aliphatic heterocycles. The van der Waals surface area contributed by atoms with Crippen molar-refractivity contribution in [2.24, 2.45) is 7.05 Å². The summed E-state index contributed by atoms with van der Waals surface area (Å²) in [6.45, 7) is 1.24. The number of fused-ring (bicyclic) bond motifs is 1.